The van der Waals surface area contributed by atoms with Crippen LogP contribution in [0.4, 0.5) is 0 Å². The lowest BCUT2D eigenvalue weighted by atomic mass is 9.78. The SMILES string of the molecule is CCC(C)(C)c1cc2c3c(c1)-c1ccc(S(=O)(=O)O)cc1CC(C)(Cc1cc(S(=O)(=O)O)ccc1-2)O3. The van der Waals surface area contributed by atoms with Crippen LogP contribution < -0.4 is 4.74 Å². The highest BCUT2D eigenvalue weighted by molar-refractivity contribution is 7.86. The van der Waals surface area contributed by atoms with Crippen LogP contribution in [0, 0.1) is 0 Å². The van der Waals surface area contributed by atoms with E-state index in [-0.39, 0.29) is 15.2 Å². The number of benzene rings is 3. The highest BCUT2D eigenvalue weighted by Crippen LogP contribution is 2.51. The first-order chi connectivity index (χ1) is 16.6. The summed E-state index contributed by atoms with van der Waals surface area (Å²) in [6.07, 6.45) is 1.51. The summed E-state index contributed by atoms with van der Waals surface area (Å²) in [6.45, 7) is 8.29. The summed E-state index contributed by atoms with van der Waals surface area (Å²) in [7, 11) is -8.81. The monoisotopic (exact) mass is 528 g/mol. The molecule has 0 amide bonds. The highest BCUT2D eigenvalue weighted by Gasteiger charge is 2.39. The van der Waals surface area contributed by atoms with Crippen LogP contribution in [0.3, 0.4) is 0 Å². The zero-order valence-electron chi connectivity index (χ0n) is 20.5. The van der Waals surface area contributed by atoms with Gasteiger partial charge in [0.05, 0.1) is 9.79 Å². The van der Waals surface area contributed by atoms with Crippen molar-refractivity contribution in [1.82, 2.24) is 0 Å². The van der Waals surface area contributed by atoms with Gasteiger partial charge in [0.15, 0.2) is 0 Å². The Labute approximate surface area is 211 Å². The van der Waals surface area contributed by atoms with Crippen molar-refractivity contribution in [1.29, 1.82) is 0 Å². The maximum absolute atomic E-state index is 11.9. The third-order valence-corrected chi connectivity index (χ3v) is 9.26. The molecule has 3 aromatic rings. The van der Waals surface area contributed by atoms with Crippen molar-refractivity contribution >= 4 is 20.2 Å². The van der Waals surface area contributed by atoms with E-state index in [4.69, 9.17) is 4.74 Å². The Morgan fingerprint density at radius 1 is 0.806 bits per heavy atom. The second kappa shape index (κ2) is 7.89. The van der Waals surface area contributed by atoms with E-state index in [1.807, 2.05) is 6.92 Å². The topological polar surface area (TPSA) is 118 Å². The van der Waals surface area contributed by atoms with Crippen molar-refractivity contribution in [3.05, 3.63) is 65.2 Å². The molecular formula is C27H28O7S2. The quantitative estimate of drug-likeness (QED) is 0.432. The first-order valence-electron chi connectivity index (χ1n) is 11.7. The minimum absolute atomic E-state index is 0.184. The smallest absolute Gasteiger partial charge is 0.294 e. The normalized spacial score (nSPS) is 16.3. The van der Waals surface area contributed by atoms with Crippen LogP contribution in [0.5, 0.6) is 5.75 Å². The predicted molar refractivity (Wildman–Crippen MR) is 137 cm³/mol. The van der Waals surface area contributed by atoms with E-state index in [1.54, 1.807) is 12.1 Å². The van der Waals surface area contributed by atoms with Gasteiger partial charge >= 0.3 is 0 Å². The summed E-state index contributed by atoms with van der Waals surface area (Å²) in [5, 5.41) is 0. The Kier molecular flexibility index (Phi) is 5.47. The number of hydrogen-bond acceptors (Lipinski definition) is 5. The van der Waals surface area contributed by atoms with Crippen molar-refractivity contribution in [2.45, 2.75) is 67.8 Å². The second-order valence-electron chi connectivity index (χ2n) is 10.6. The molecule has 36 heavy (non-hydrogen) atoms. The van der Waals surface area contributed by atoms with Gasteiger partial charge in [0, 0.05) is 24.0 Å². The molecule has 0 fully saturated rings. The van der Waals surface area contributed by atoms with E-state index in [9.17, 15) is 25.9 Å². The zero-order chi connectivity index (χ0) is 26.3. The third kappa shape index (κ3) is 4.14. The maximum Gasteiger partial charge on any atom is 0.294 e. The van der Waals surface area contributed by atoms with Gasteiger partial charge in [-0.15, -0.1) is 0 Å². The summed E-state index contributed by atoms with van der Waals surface area (Å²) in [5.74, 6) is 0.643. The highest BCUT2D eigenvalue weighted by atomic mass is 32.2. The third-order valence-electron chi connectivity index (χ3n) is 7.56. The number of hydrogen-bond donors (Lipinski definition) is 2. The molecule has 2 aliphatic heterocycles. The molecule has 190 valence electrons. The molecule has 5 rings (SSSR count). The van der Waals surface area contributed by atoms with E-state index in [0.29, 0.717) is 29.7 Å². The van der Waals surface area contributed by atoms with Crippen molar-refractivity contribution in [3.63, 3.8) is 0 Å². The summed E-state index contributed by atoms with van der Waals surface area (Å²) in [6, 6.07) is 13.3. The molecule has 0 saturated carbocycles. The fourth-order valence-electron chi connectivity index (χ4n) is 5.20. The Hall–Kier alpha value is -2.72. The Bertz CT molecular complexity index is 1530. The lowest BCUT2D eigenvalue weighted by molar-refractivity contribution is 0.0947. The van der Waals surface area contributed by atoms with Crippen molar-refractivity contribution < 1.29 is 30.7 Å². The summed E-state index contributed by atoms with van der Waals surface area (Å²) < 4.78 is 73.7. The fraction of sp³-hybridized carbons (Fsp3) is 0.333. The Morgan fingerprint density at radius 2 is 1.25 bits per heavy atom. The van der Waals surface area contributed by atoms with Gasteiger partial charge in [-0.05, 0) is 83.0 Å². The number of rotatable bonds is 4. The second-order valence-corrected chi connectivity index (χ2v) is 13.5. The minimum Gasteiger partial charge on any atom is -0.486 e. The largest absolute Gasteiger partial charge is 0.486 e. The maximum atomic E-state index is 11.9. The average molecular weight is 529 g/mol. The minimum atomic E-state index is -4.41. The van der Waals surface area contributed by atoms with Crippen LogP contribution in [0.15, 0.2) is 58.3 Å². The van der Waals surface area contributed by atoms with Gasteiger partial charge in [0.1, 0.15) is 11.4 Å². The van der Waals surface area contributed by atoms with Crippen LogP contribution in [-0.4, -0.2) is 31.5 Å². The van der Waals surface area contributed by atoms with Crippen molar-refractivity contribution in [3.8, 4) is 28.0 Å². The van der Waals surface area contributed by atoms with Crippen molar-refractivity contribution in [2.75, 3.05) is 0 Å². The van der Waals surface area contributed by atoms with E-state index in [2.05, 4.69) is 32.9 Å². The molecule has 2 N–H and O–H groups in total. The van der Waals surface area contributed by atoms with Crippen molar-refractivity contribution in [2.24, 2.45) is 0 Å². The first-order valence-corrected chi connectivity index (χ1v) is 14.6. The molecule has 0 atom stereocenters. The molecule has 2 aliphatic rings. The summed E-state index contributed by atoms with van der Waals surface area (Å²) in [5.41, 5.74) is 4.73. The Morgan fingerprint density at radius 3 is 1.64 bits per heavy atom. The Balaban J connectivity index is 1.89. The number of ether oxygens (including phenoxy) is 1. The fourth-order valence-corrected chi connectivity index (χ4v) is 6.26. The lowest BCUT2D eigenvalue weighted by Crippen LogP contribution is -2.36. The van der Waals surface area contributed by atoms with Crippen LogP contribution in [0.2, 0.25) is 0 Å². The standard InChI is InChI=1S/C27H28O7S2/c1-5-26(2,3)18-12-23-21-8-6-19(35(28,29)30)10-16(21)14-27(4)15-17-11-20(36(31,32)33)7-9-22(17)24(13-18)25(23)34-27/h6-13H,5,14-15H2,1-4H3,(H,28,29,30)(H,31,32,33). The molecule has 3 aromatic carbocycles. The molecule has 7 nitrogen and oxygen atoms in total. The van der Waals surface area contributed by atoms with E-state index >= 15 is 0 Å². The molecule has 0 unspecified atom stereocenters. The van der Waals surface area contributed by atoms with Gasteiger partial charge in [0.25, 0.3) is 20.2 Å². The molecule has 0 saturated heterocycles. The van der Waals surface area contributed by atoms with Crippen LogP contribution in [-0.2, 0) is 38.5 Å². The van der Waals surface area contributed by atoms with E-state index in [1.165, 1.54) is 24.3 Å². The number of fused-ring (bicyclic) bond motifs is 5. The van der Waals surface area contributed by atoms with Gasteiger partial charge in [-0.25, -0.2) is 0 Å². The molecule has 0 aromatic heterocycles. The summed E-state index contributed by atoms with van der Waals surface area (Å²) in [4.78, 5) is -0.383. The van der Waals surface area contributed by atoms with E-state index < -0.39 is 25.8 Å². The predicted octanol–water partition coefficient (Wildman–Crippen LogP) is 5.45. The lowest BCUT2D eigenvalue weighted by Gasteiger charge is -2.29. The molecule has 2 bridgehead atoms. The first kappa shape index (κ1) is 25.0. The van der Waals surface area contributed by atoms with Gasteiger partial charge < -0.3 is 4.74 Å². The molecule has 0 spiro atoms. The zero-order valence-corrected chi connectivity index (χ0v) is 22.1. The summed E-state index contributed by atoms with van der Waals surface area (Å²) >= 11 is 0. The van der Waals surface area contributed by atoms with Gasteiger partial charge in [-0.3, -0.25) is 9.11 Å². The van der Waals surface area contributed by atoms with Gasteiger partial charge in [-0.2, -0.15) is 16.8 Å². The van der Waals surface area contributed by atoms with Gasteiger partial charge in [0.2, 0.25) is 0 Å². The molecule has 9 heteroatoms. The molecule has 0 radical (unpaired) electrons. The molecule has 0 aliphatic carbocycles. The van der Waals surface area contributed by atoms with Crippen LogP contribution in [0.25, 0.3) is 22.3 Å². The van der Waals surface area contributed by atoms with Crippen LogP contribution >= 0.6 is 0 Å². The van der Waals surface area contributed by atoms with E-state index in [0.717, 1.165) is 34.2 Å². The average Bonchev–Trinajstić information content (AvgIpc) is 2.98. The van der Waals surface area contributed by atoms with Crippen LogP contribution in [0.1, 0.15) is 50.8 Å². The molecular weight excluding hydrogens is 500 g/mol. The molecule has 2 heterocycles. The van der Waals surface area contributed by atoms with Gasteiger partial charge in [-0.1, -0.05) is 32.9 Å².